The fourth-order valence-electron chi connectivity index (χ4n) is 8.51. The number of nitrogens with one attached hydrogen (secondary N) is 1. The Bertz CT molecular complexity index is 2640. The number of fused-ring (bicyclic) bond motifs is 9. The molecule has 5 aromatic carbocycles. The van der Waals surface area contributed by atoms with Gasteiger partial charge in [-0.2, -0.15) is 0 Å². The van der Waals surface area contributed by atoms with Crippen molar-refractivity contribution in [2.24, 2.45) is 5.92 Å². The number of hydrogen-bond acceptors (Lipinski definition) is 3. The van der Waals surface area contributed by atoms with E-state index in [-0.39, 0.29) is 6.04 Å². The second-order valence-electron chi connectivity index (χ2n) is 16.0. The van der Waals surface area contributed by atoms with Crippen LogP contribution in [0.1, 0.15) is 62.3 Å². The van der Waals surface area contributed by atoms with E-state index in [9.17, 15) is 0 Å². The molecule has 4 atom stereocenters. The van der Waals surface area contributed by atoms with Gasteiger partial charge in [-0.3, -0.25) is 0 Å². The highest BCUT2D eigenvalue weighted by Gasteiger charge is 2.23. The van der Waals surface area contributed by atoms with Crippen LogP contribution in [0, 0.1) is 25.2 Å². The molecule has 5 aromatic rings. The quantitative estimate of drug-likeness (QED) is 0.0828. The molecule has 308 valence electrons. The monoisotopic (exact) mass is 837 g/mol. The zero-order chi connectivity index (χ0) is 42.4. The van der Waals surface area contributed by atoms with Crippen LogP contribution in [-0.2, 0) is 23.3 Å². The molecule has 0 saturated carbocycles. The van der Waals surface area contributed by atoms with Gasteiger partial charge in [-0.05, 0) is 133 Å². The van der Waals surface area contributed by atoms with Gasteiger partial charge in [0, 0.05) is 17.5 Å². The van der Waals surface area contributed by atoms with E-state index in [1.807, 2.05) is 12.3 Å². The lowest BCUT2D eigenvalue weighted by atomic mass is 9.87. The van der Waals surface area contributed by atoms with Gasteiger partial charge < -0.3 is 9.05 Å². The number of aryl methyl sites for hydroxylation is 1. The highest BCUT2D eigenvalue weighted by Crippen LogP contribution is 2.44. The van der Waals surface area contributed by atoms with Gasteiger partial charge in [-0.25, -0.2) is 5.09 Å². The molecule has 0 spiro atoms. The first-order valence-electron chi connectivity index (χ1n) is 21.4. The summed E-state index contributed by atoms with van der Waals surface area (Å²) in [5, 5.41) is 8.75. The van der Waals surface area contributed by atoms with Crippen LogP contribution in [0.3, 0.4) is 0 Å². The predicted molar refractivity (Wildman–Crippen MR) is 266 cm³/mol. The molecule has 5 heteroatoms. The van der Waals surface area contributed by atoms with Crippen LogP contribution >= 0.6 is 17.1 Å². The molecule has 0 amide bonds. The summed E-state index contributed by atoms with van der Waals surface area (Å²) in [6.07, 6.45) is 29.7. The molecule has 2 aliphatic heterocycles. The average molecular weight is 838 g/mol. The van der Waals surface area contributed by atoms with Crippen molar-refractivity contribution in [3.63, 3.8) is 0 Å². The van der Waals surface area contributed by atoms with E-state index in [1.54, 1.807) is 6.08 Å². The number of benzene rings is 4. The van der Waals surface area contributed by atoms with Crippen molar-refractivity contribution in [2.45, 2.75) is 71.7 Å². The standard InChI is InChI=1S/C33H36NO2P.C23H21P/c1-5-6-8-14-25(2)23-27(4)34-37-35-22-13-17-28-15-9-7-10-18-30(28)26(3)24-32-31-19-12-11-16-29(31)20-21-33(32)36-37;1-17-9-5-3-2-4-6-11-19-15-24-16-20-14-13-18-10-7-8-12-21(18)23(20)22(17)19/h1,6-16,19-22,27-28,34H,17-18,23-24H2,2-4H3;2-14,24H,15-16H2,1H3/b8-6-,22-13+,25-14+,30-26+;/t27-,28?,37?;/m0./s1. The van der Waals surface area contributed by atoms with Crippen molar-refractivity contribution in [2.75, 3.05) is 0 Å². The Balaban J connectivity index is 0.000000201. The van der Waals surface area contributed by atoms with E-state index in [1.165, 1.54) is 77.8 Å². The molecule has 2 heterocycles. The summed E-state index contributed by atoms with van der Waals surface area (Å²) in [4.78, 5) is 0. The molecule has 0 fully saturated rings. The smallest absolute Gasteiger partial charge is 0.381 e. The molecular weight excluding hydrogens is 781 g/mol. The molecule has 0 aromatic heterocycles. The summed E-state index contributed by atoms with van der Waals surface area (Å²) in [5.41, 5.74) is 12.5. The summed E-state index contributed by atoms with van der Waals surface area (Å²) in [7, 11) is -0.448. The maximum atomic E-state index is 6.61. The van der Waals surface area contributed by atoms with Crippen LogP contribution in [0.2, 0.25) is 0 Å². The zero-order valence-corrected chi connectivity index (χ0v) is 37.8. The lowest BCUT2D eigenvalue weighted by molar-refractivity contribution is 0.415. The molecule has 1 aliphatic carbocycles. The largest absolute Gasteiger partial charge is 0.435 e. The number of hydrogen-bond donors (Lipinski definition) is 1. The highest BCUT2D eigenvalue weighted by molar-refractivity contribution is 7.45. The highest BCUT2D eigenvalue weighted by atomic mass is 31.2. The molecule has 8 rings (SSSR count). The van der Waals surface area contributed by atoms with E-state index in [0.717, 1.165) is 46.2 Å². The Labute approximate surface area is 367 Å². The Morgan fingerprint density at radius 1 is 0.836 bits per heavy atom. The Morgan fingerprint density at radius 3 is 2.36 bits per heavy atom. The SMILES string of the molecule is C#C/C=C\C=C(/C)C[C@H](C)NP1O/C=C/CC2C=CC=CC/C2=C(/C)Cc2c(ccc3ccccc23)O1.Cc1cccccccc2c1-c1c(ccc3ccccc13)CPC2. The topological polar surface area (TPSA) is 30.5 Å². The molecule has 3 unspecified atom stereocenters. The first kappa shape index (κ1) is 43.6. The van der Waals surface area contributed by atoms with Gasteiger partial charge in [0.25, 0.3) is 0 Å². The van der Waals surface area contributed by atoms with Crippen LogP contribution in [0.4, 0.5) is 0 Å². The molecule has 0 radical (unpaired) electrons. The van der Waals surface area contributed by atoms with Gasteiger partial charge in [0.05, 0.1) is 6.26 Å². The zero-order valence-electron chi connectivity index (χ0n) is 35.9. The minimum Gasteiger partial charge on any atom is -0.435 e. The minimum atomic E-state index is -1.39. The first-order chi connectivity index (χ1) is 29.9. The Kier molecular flexibility index (Phi) is 15.6. The number of rotatable bonds is 5. The van der Waals surface area contributed by atoms with Gasteiger partial charge >= 0.3 is 8.53 Å². The normalized spacial score (nSPS) is 20.0. The summed E-state index contributed by atoms with van der Waals surface area (Å²) in [5.74, 6) is 3.76. The lowest BCUT2D eigenvalue weighted by Crippen LogP contribution is -2.23. The molecule has 0 bridgehead atoms. The third-order valence-electron chi connectivity index (χ3n) is 11.4. The molecule has 3 aliphatic rings. The van der Waals surface area contributed by atoms with Gasteiger partial charge in [-0.15, -0.1) is 15.0 Å². The molecule has 61 heavy (non-hydrogen) atoms. The second kappa shape index (κ2) is 21.9. The number of terminal acetylenes is 1. The van der Waals surface area contributed by atoms with Gasteiger partial charge in [0.1, 0.15) is 5.75 Å². The average Bonchev–Trinajstić information content (AvgIpc) is 3.62. The van der Waals surface area contributed by atoms with Crippen molar-refractivity contribution < 1.29 is 9.05 Å². The van der Waals surface area contributed by atoms with Gasteiger partial charge in [-0.1, -0.05) is 168 Å². The van der Waals surface area contributed by atoms with Crippen molar-refractivity contribution in [1.29, 1.82) is 0 Å². The van der Waals surface area contributed by atoms with E-state index >= 15 is 0 Å². The van der Waals surface area contributed by atoms with E-state index < -0.39 is 8.53 Å². The van der Waals surface area contributed by atoms with E-state index in [4.69, 9.17) is 15.5 Å². The molecule has 0 saturated heterocycles. The van der Waals surface area contributed by atoms with Crippen molar-refractivity contribution in [3.05, 3.63) is 209 Å². The van der Waals surface area contributed by atoms with Gasteiger partial charge in [0.2, 0.25) is 0 Å². The maximum absolute atomic E-state index is 6.61. The summed E-state index contributed by atoms with van der Waals surface area (Å²) in [6.45, 7) is 8.79. The van der Waals surface area contributed by atoms with Crippen molar-refractivity contribution in [1.82, 2.24) is 5.09 Å². The van der Waals surface area contributed by atoms with Crippen molar-refractivity contribution >= 4 is 38.7 Å². The summed E-state index contributed by atoms with van der Waals surface area (Å²) in [6, 6.07) is 41.6. The third kappa shape index (κ3) is 11.5. The van der Waals surface area contributed by atoms with E-state index in [2.05, 4.69) is 190 Å². The van der Waals surface area contributed by atoms with Crippen molar-refractivity contribution in [3.8, 4) is 29.2 Å². The second-order valence-corrected chi connectivity index (χ2v) is 18.4. The van der Waals surface area contributed by atoms with Gasteiger partial charge in [0.15, 0.2) is 0 Å². The van der Waals surface area contributed by atoms with Crippen LogP contribution < -0.4 is 9.61 Å². The number of allylic oxidation sites excluding steroid dienone is 10. The molecule has 3 nitrogen and oxygen atoms in total. The van der Waals surface area contributed by atoms with Crippen LogP contribution in [0.5, 0.6) is 5.75 Å². The summed E-state index contributed by atoms with van der Waals surface area (Å²) >= 11 is 0. The minimum absolute atomic E-state index is 0.163. The Morgan fingerprint density at radius 2 is 1.54 bits per heavy atom. The maximum Gasteiger partial charge on any atom is 0.381 e. The fourth-order valence-corrected chi connectivity index (χ4v) is 10.9. The lowest BCUT2D eigenvalue weighted by Gasteiger charge is -2.25. The predicted octanol–water partition coefficient (Wildman–Crippen LogP) is 15.5. The Hall–Kier alpha value is -5.48. The van der Waals surface area contributed by atoms with Crippen LogP contribution in [0.25, 0.3) is 32.7 Å². The first-order valence-corrected chi connectivity index (χ1v) is 24.0. The van der Waals surface area contributed by atoms with E-state index in [0.29, 0.717) is 5.92 Å². The fraction of sp³-hybridized carbons (Fsp3) is 0.214. The van der Waals surface area contributed by atoms with Crippen LogP contribution in [-0.4, -0.2) is 6.04 Å². The molecular formula is C56H57NO2P2. The third-order valence-corrected chi connectivity index (χ3v) is 14.0. The summed E-state index contributed by atoms with van der Waals surface area (Å²) < 4.78 is 12.8. The van der Waals surface area contributed by atoms with Crippen LogP contribution in [0.15, 0.2) is 187 Å². The molecule has 1 N–H and O–H groups in total.